The summed E-state index contributed by atoms with van der Waals surface area (Å²) in [5.74, 6) is 0.627. The van der Waals surface area contributed by atoms with Crippen LogP contribution in [0.5, 0.6) is 5.75 Å². The summed E-state index contributed by atoms with van der Waals surface area (Å²) in [6.07, 6.45) is 0. The Morgan fingerprint density at radius 1 is 0.913 bits per heavy atom. The number of hydrogen-bond donors (Lipinski definition) is 1. The number of fused-ring (bicyclic) bond motifs is 2. The van der Waals surface area contributed by atoms with Gasteiger partial charge in [-0.05, 0) is 41.5 Å². The van der Waals surface area contributed by atoms with Crippen molar-refractivity contribution in [1.82, 2.24) is 0 Å². The molecular formula is C20H14O3. The molecule has 0 amide bonds. The van der Waals surface area contributed by atoms with Crippen LogP contribution in [0.1, 0.15) is 5.76 Å². The van der Waals surface area contributed by atoms with E-state index in [1.54, 1.807) is 13.0 Å². The molecule has 3 nitrogen and oxygen atoms in total. The minimum Gasteiger partial charge on any atom is -0.508 e. The molecule has 0 saturated carbocycles. The average Bonchev–Trinajstić information content (AvgIpc) is 2.54. The molecule has 0 spiro atoms. The zero-order valence-corrected chi connectivity index (χ0v) is 12.5. The lowest BCUT2D eigenvalue weighted by atomic mass is 9.99. The molecule has 3 aromatic carbocycles. The topological polar surface area (TPSA) is 50.4 Å². The first kappa shape index (κ1) is 13.6. The van der Waals surface area contributed by atoms with Gasteiger partial charge in [-0.2, -0.15) is 0 Å². The molecule has 0 aliphatic rings. The van der Waals surface area contributed by atoms with Gasteiger partial charge in [-0.25, -0.2) is 0 Å². The van der Waals surface area contributed by atoms with Crippen molar-refractivity contribution in [3.63, 3.8) is 0 Å². The Balaban J connectivity index is 2.03. The van der Waals surface area contributed by atoms with E-state index in [1.165, 1.54) is 12.1 Å². The van der Waals surface area contributed by atoms with Gasteiger partial charge in [0.25, 0.3) is 0 Å². The number of aromatic hydroxyl groups is 1. The SMILES string of the molecule is Cc1oc2cc(O)ccc2c(=O)c1-c1ccc2ccccc2c1. The lowest BCUT2D eigenvalue weighted by Crippen LogP contribution is -2.07. The standard InChI is InChI=1S/C20H14O3/c1-12-19(15-7-6-13-4-2-3-5-14(13)10-15)20(22)17-9-8-16(21)11-18(17)23-12/h2-11,21H,1H3. The quantitative estimate of drug-likeness (QED) is 0.558. The Hall–Kier alpha value is -3.07. The summed E-state index contributed by atoms with van der Waals surface area (Å²) in [5.41, 5.74) is 1.72. The molecule has 4 aromatic rings. The van der Waals surface area contributed by atoms with E-state index in [9.17, 15) is 9.90 Å². The molecule has 23 heavy (non-hydrogen) atoms. The van der Waals surface area contributed by atoms with Gasteiger partial charge < -0.3 is 9.52 Å². The predicted molar refractivity (Wildman–Crippen MR) is 91.8 cm³/mol. The van der Waals surface area contributed by atoms with Crippen LogP contribution in [-0.4, -0.2) is 5.11 Å². The normalized spacial score (nSPS) is 11.2. The predicted octanol–water partition coefficient (Wildman–Crippen LogP) is 4.63. The summed E-state index contributed by atoms with van der Waals surface area (Å²) in [7, 11) is 0. The van der Waals surface area contributed by atoms with Gasteiger partial charge in [0.2, 0.25) is 5.43 Å². The fraction of sp³-hybridized carbons (Fsp3) is 0.0500. The highest BCUT2D eigenvalue weighted by Crippen LogP contribution is 2.28. The van der Waals surface area contributed by atoms with Gasteiger partial charge in [0, 0.05) is 6.07 Å². The van der Waals surface area contributed by atoms with Crippen LogP contribution in [0.2, 0.25) is 0 Å². The fourth-order valence-corrected chi connectivity index (χ4v) is 2.97. The van der Waals surface area contributed by atoms with Crippen LogP contribution in [-0.2, 0) is 0 Å². The first-order chi connectivity index (χ1) is 11.1. The van der Waals surface area contributed by atoms with Crippen LogP contribution in [0, 0.1) is 6.92 Å². The summed E-state index contributed by atoms with van der Waals surface area (Å²) in [6.45, 7) is 1.77. The van der Waals surface area contributed by atoms with E-state index in [-0.39, 0.29) is 11.2 Å². The second kappa shape index (κ2) is 4.99. The second-order valence-electron chi connectivity index (χ2n) is 5.60. The van der Waals surface area contributed by atoms with Gasteiger partial charge >= 0.3 is 0 Å². The van der Waals surface area contributed by atoms with E-state index in [0.717, 1.165) is 16.3 Å². The molecule has 0 unspecified atom stereocenters. The summed E-state index contributed by atoms with van der Waals surface area (Å²) in [6, 6.07) is 18.5. The number of phenolic OH excluding ortho intramolecular Hbond substituents is 1. The fourth-order valence-electron chi connectivity index (χ4n) is 2.97. The molecule has 0 atom stereocenters. The highest BCUT2D eigenvalue weighted by Gasteiger charge is 2.14. The first-order valence-electron chi connectivity index (χ1n) is 7.39. The van der Waals surface area contributed by atoms with Crippen molar-refractivity contribution in [2.75, 3.05) is 0 Å². The first-order valence-corrected chi connectivity index (χ1v) is 7.39. The number of phenols is 1. The molecule has 112 valence electrons. The molecule has 0 aliphatic heterocycles. The van der Waals surface area contributed by atoms with E-state index in [2.05, 4.69) is 0 Å². The van der Waals surface area contributed by atoms with Crippen LogP contribution in [0.15, 0.2) is 69.9 Å². The van der Waals surface area contributed by atoms with Gasteiger partial charge in [0.05, 0.1) is 10.9 Å². The molecule has 4 rings (SSSR count). The Morgan fingerprint density at radius 2 is 1.70 bits per heavy atom. The van der Waals surface area contributed by atoms with E-state index in [1.807, 2.05) is 42.5 Å². The summed E-state index contributed by atoms with van der Waals surface area (Å²) in [5, 5.41) is 12.2. The smallest absolute Gasteiger partial charge is 0.200 e. The van der Waals surface area contributed by atoms with Gasteiger partial charge in [0.15, 0.2) is 0 Å². The lowest BCUT2D eigenvalue weighted by molar-refractivity contribution is 0.473. The Bertz CT molecular complexity index is 1110. The highest BCUT2D eigenvalue weighted by molar-refractivity contribution is 5.89. The van der Waals surface area contributed by atoms with Crippen molar-refractivity contribution in [3.8, 4) is 16.9 Å². The largest absolute Gasteiger partial charge is 0.508 e. The third-order valence-electron chi connectivity index (χ3n) is 4.09. The number of benzene rings is 3. The number of rotatable bonds is 1. The molecule has 0 aliphatic carbocycles. The summed E-state index contributed by atoms with van der Waals surface area (Å²) < 4.78 is 5.76. The number of hydrogen-bond acceptors (Lipinski definition) is 3. The van der Waals surface area contributed by atoms with Crippen molar-refractivity contribution in [1.29, 1.82) is 0 Å². The van der Waals surface area contributed by atoms with Crippen LogP contribution in [0.25, 0.3) is 32.9 Å². The minimum atomic E-state index is -0.0842. The van der Waals surface area contributed by atoms with Crippen LogP contribution in [0.4, 0.5) is 0 Å². The van der Waals surface area contributed by atoms with Crippen molar-refractivity contribution < 1.29 is 9.52 Å². The lowest BCUT2D eigenvalue weighted by Gasteiger charge is -2.08. The molecule has 3 heteroatoms. The Morgan fingerprint density at radius 3 is 2.52 bits per heavy atom. The van der Waals surface area contributed by atoms with Crippen molar-refractivity contribution in [2.45, 2.75) is 6.92 Å². The minimum absolute atomic E-state index is 0.0819. The van der Waals surface area contributed by atoms with Crippen molar-refractivity contribution in [3.05, 3.63) is 76.6 Å². The summed E-state index contributed by atoms with van der Waals surface area (Å²) in [4.78, 5) is 12.9. The van der Waals surface area contributed by atoms with Crippen LogP contribution in [0.3, 0.4) is 0 Å². The van der Waals surface area contributed by atoms with Crippen LogP contribution >= 0.6 is 0 Å². The zero-order valence-electron chi connectivity index (χ0n) is 12.5. The maximum atomic E-state index is 12.9. The Kier molecular flexibility index (Phi) is 2.95. The molecule has 0 saturated heterocycles. The van der Waals surface area contributed by atoms with E-state index < -0.39 is 0 Å². The molecule has 1 N–H and O–H groups in total. The summed E-state index contributed by atoms with van der Waals surface area (Å²) >= 11 is 0. The van der Waals surface area contributed by atoms with Crippen molar-refractivity contribution in [2.24, 2.45) is 0 Å². The second-order valence-corrected chi connectivity index (χ2v) is 5.60. The third-order valence-corrected chi connectivity index (χ3v) is 4.09. The maximum absolute atomic E-state index is 12.9. The van der Waals surface area contributed by atoms with Crippen molar-refractivity contribution >= 4 is 21.7 Å². The van der Waals surface area contributed by atoms with E-state index >= 15 is 0 Å². The average molecular weight is 302 g/mol. The van der Waals surface area contributed by atoms with Gasteiger partial charge in [0.1, 0.15) is 17.1 Å². The van der Waals surface area contributed by atoms with E-state index in [0.29, 0.717) is 22.3 Å². The maximum Gasteiger partial charge on any atom is 0.200 e. The molecule has 0 bridgehead atoms. The molecular weight excluding hydrogens is 288 g/mol. The highest BCUT2D eigenvalue weighted by atomic mass is 16.3. The molecule has 1 aromatic heterocycles. The Labute approximate surface area is 132 Å². The van der Waals surface area contributed by atoms with Gasteiger partial charge in [-0.3, -0.25) is 4.79 Å². The number of aryl methyl sites for hydroxylation is 1. The third kappa shape index (κ3) is 2.18. The monoisotopic (exact) mass is 302 g/mol. The van der Waals surface area contributed by atoms with Gasteiger partial charge in [-0.15, -0.1) is 0 Å². The molecule has 0 fully saturated rings. The zero-order chi connectivity index (χ0) is 16.0. The van der Waals surface area contributed by atoms with Crippen LogP contribution < -0.4 is 5.43 Å². The molecule has 1 heterocycles. The van der Waals surface area contributed by atoms with E-state index in [4.69, 9.17) is 4.42 Å². The van der Waals surface area contributed by atoms with Gasteiger partial charge in [-0.1, -0.05) is 36.4 Å². The molecule has 0 radical (unpaired) electrons.